The van der Waals surface area contributed by atoms with Gasteiger partial charge in [0.2, 0.25) is 0 Å². The third kappa shape index (κ3) is 3.39. The van der Waals surface area contributed by atoms with E-state index in [1.807, 2.05) is 53.4 Å². The Kier molecular flexibility index (Phi) is 4.73. The van der Waals surface area contributed by atoms with Crippen molar-refractivity contribution in [2.24, 2.45) is 0 Å². The molecule has 1 aliphatic rings. The molecule has 0 bridgehead atoms. The molecule has 2 aromatic heterocycles. The number of thiophene rings is 1. The Hall–Kier alpha value is -2.83. The van der Waals surface area contributed by atoms with Gasteiger partial charge in [0, 0.05) is 21.2 Å². The molecule has 0 fully saturated rings. The first-order valence-corrected chi connectivity index (χ1v) is 11.0. The Labute approximate surface area is 181 Å². The van der Waals surface area contributed by atoms with Crippen LogP contribution in [0.5, 0.6) is 0 Å². The zero-order chi connectivity index (χ0) is 19.8. The van der Waals surface area contributed by atoms with Gasteiger partial charge in [-0.05, 0) is 53.4 Å². The highest BCUT2D eigenvalue weighted by molar-refractivity contribution is 9.10. The van der Waals surface area contributed by atoms with Crippen LogP contribution in [0.3, 0.4) is 0 Å². The zero-order valence-corrected chi connectivity index (χ0v) is 17.9. The number of halogens is 1. The van der Waals surface area contributed by atoms with Crippen molar-refractivity contribution >= 4 is 39.0 Å². The number of fused-ring (bicyclic) bond motifs is 3. The number of benzene rings is 2. The largest absolute Gasteiger partial charge is 0.323 e. The molecular weight excluding hydrogens is 446 g/mol. The minimum Gasteiger partial charge on any atom is -0.318 e. The second-order valence-electron chi connectivity index (χ2n) is 6.92. The van der Waals surface area contributed by atoms with Gasteiger partial charge < -0.3 is 14.8 Å². The Morgan fingerprint density at radius 1 is 1.03 bits per heavy atom. The minimum absolute atomic E-state index is 0.119. The zero-order valence-electron chi connectivity index (χ0n) is 15.5. The van der Waals surface area contributed by atoms with Gasteiger partial charge in [-0.25, -0.2) is 4.79 Å². The first-order valence-electron chi connectivity index (χ1n) is 9.33. The predicted octanol–water partition coefficient (Wildman–Crippen LogP) is 6.44. The summed E-state index contributed by atoms with van der Waals surface area (Å²) in [6.45, 7) is 0.528. The fourth-order valence-electron chi connectivity index (χ4n) is 3.85. The van der Waals surface area contributed by atoms with Crippen LogP contribution in [-0.4, -0.2) is 15.5 Å². The van der Waals surface area contributed by atoms with Crippen LogP contribution in [0.25, 0.3) is 5.69 Å². The fraction of sp³-hybridized carbons (Fsp3) is 0.0870. The summed E-state index contributed by atoms with van der Waals surface area (Å²) in [5.41, 5.74) is 4.09. The van der Waals surface area contributed by atoms with Gasteiger partial charge in [0.05, 0.1) is 17.9 Å². The lowest BCUT2D eigenvalue weighted by molar-refractivity contribution is 0.195. The Morgan fingerprint density at radius 2 is 1.93 bits per heavy atom. The number of hydrogen-bond acceptors (Lipinski definition) is 2. The molecule has 1 atom stereocenters. The number of hydrogen-bond donors (Lipinski definition) is 1. The first-order chi connectivity index (χ1) is 14.2. The molecular formula is C23H18BrN3OS. The summed E-state index contributed by atoms with van der Waals surface area (Å²) in [5.74, 6) is 0. The molecule has 0 radical (unpaired) electrons. The lowest BCUT2D eigenvalue weighted by Gasteiger charge is -2.30. The van der Waals surface area contributed by atoms with Crippen molar-refractivity contribution < 1.29 is 4.79 Å². The van der Waals surface area contributed by atoms with Gasteiger partial charge in [-0.3, -0.25) is 0 Å². The van der Waals surface area contributed by atoms with Crippen molar-refractivity contribution in [3.8, 4) is 5.69 Å². The third-order valence-corrected chi connectivity index (χ3v) is 6.53. The van der Waals surface area contributed by atoms with Gasteiger partial charge in [0.25, 0.3) is 0 Å². The van der Waals surface area contributed by atoms with Crippen LogP contribution < -0.4 is 5.32 Å². The van der Waals surface area contributed by atoms with Crippen molar-refractivity contribution in [1.29, 1.82) is 0 Å². The van der Waals surface area contributed by atoms with Gasteiger partial charge in [-0.2, -0.15) is 0 Å². The molecule has 2 amide bonds. The van der Waals surface area contributed by atoms with E-state index < -0.39 is 0 Å². The maximum atomic E-state index is 13.5. The highest BCUT2D eigenvalue weighted by atomic mass is 79.9. The normalized spacial score (nSPS) is 15.3. The molecule has 0 spiro atoms. The third-order valence-electron chi connectivity index (χ3n) is 5.11. The molecule has 5 rings (SSSR count). The van der Waals surface area contributed by atoms with Crippen LogP contribution >= 0.6 is 27.3 Å². The van der Waals surface area contributed by atoms with Crippen LogP contribution in [0.15, 0.2) is 88.8 Å². The number of amides is 2. The molecule has 4 nitrogen and oxygen atoms in total. The Balaban J connectivity index is 1.61. The van der Waals surface area contributed by atoms with Crippen LogP contribution in [0, 0.1) is 0 Å². The average molecular weight is 464 g/mol. The van der Waals surface area contributed by atoms with E-state index in [2.05, 4.69) is 61.7 Å². The number of urea groups is 1. The van der Waals surface area contributed by atoms with E-state index in [0.29, 0.717) is 6.54 Å². The van der Waals surface area contributed by atoms with Crippen molar-refractivity contribution in [2.45, 2.75) is 12.6 Å². The fourth-order valence-corrected chi connectivity index (χ4v) is 5.09. The monoisotopic (exact) mass is 463 g/mol. The average Bonchev–Trinajstić information content (AvgIpc) is 3.39. The molecule has 144 valence electrons. The molecule has 3 heterocycles. The molecule has 1 N–H and O–H groups in total. The molecule has 29 heavy (non-hydrogen) atoms. The molecule has 1 aliphatic heterocycles. The van der Waals surface area contributed by atoms with Crippen LogP contribution in [0.1, 0.15) is 22.2 Å². The van der Waals surface area contributed by atoms with Crippen molar-refractivity contribution in [2.75, 3.05) is 5.32 Å². The lowest BCUT2D eigenvalue weighted by Crippen LogP contribution is -2.37. The van der Waals surface area contributed by atoms with E-state index in [0.717, 1.165) is 32.0 Å². The number of anilines is 1. The van der Waals surface area contributed by atoms with Gasteiger partial charge in [-0.1, -0.05) is 46.3 Å². The van der Waals surface area contributed by atoms with E-state index in [-0.39, 0.29) is 12.1 Å². The highest BCUT2D eigenvalue weighted by Gasteiger charge is 2.33. The number of aromatic nitrogens is 1. The van der Waals surface area contributed by atoms with Crippen LogP contribution in [0.4, 0.5) is 10.5 Å². The van der Waals surface area contributed by atoms with Crippen LogP contribution in [0.2, 0.25) is 0 Å². The minimum atomic E-state index is -0.162. The molecule has 4 aromatic rings. The van der Waals surface area contributed by atoms with Gasteiger partial charge in [0.1, 0.15) is 6.04 Å². The molecule has 2 aromatic carbocycles. The number of nitrogens with one attached hydrogen (secondary N) is 1. The maximum absolute atomic E-state index is 13.5. The first kappa shape index (κ1) is 18.2. The second-order valence-corrected chi connectivity index (χ2v) is 8.81. The van der Waals surface area contributed by atoms with E-state index in [1.165, 1.54) is 0 Å². The smallest absolute Gasteiger partial charge is 0.318 e. The standard InChI is InChI=1S/C23H18BrN3OS/c24-17-7-3-8-18(14-17)25-23(28)27-15-16-6-1-2-9-19(16)26-12-4-10-20(26)22(27)21-11-5-13-29-21/h1-14,22H,15H2,(H,25,28). The summed E-state index contributed by atoms with van der Waals surface area (Å²) < 4.78 is 3.13. The van der Waals surface area contributed by atoms with E-state index in [4.69, 9.17) is 0 Å². The summed E-state index contributed by atoms with van der Waals surface area (Å²) in [6.07, 6.45) is 2.07. The Bertz CT molecular complexity index is 1170. The summed E-state index contributed by atoms with van der Waals surface area (Å²) in [5, 5.41) is 5.14. The van der Waals surface area contributed by atoms with Crippen molar-refractivity contribution in [3.05, 3.63) is 105 Å². The lowest BCUT2D eigenvalue weighted by atomic mass is 10.1. The summed E-state index contributed by atoms with van der Waals surface area (Å²) in [6, 6.07) is 23.9. The van der Waals surface area contributed by atoms with Gasteiger partial charge >= 0.3 is 6.03 Å². The molecule has 0 saturated carbocycles. The molecule has 0 aliphatic carbocycles. The quantitative estimate of drug-likeness (QED) is 0.364. The van der Waals surface area contributed by atoms with Gasteiger partial charge in [0.15, 0.2) is 0 Å². The SMILES string of the molecule is O=C(Nc1cccc(Br)c1)N1Cc2ccccc2-n2cccc2C1c1cccs1. The van der Waals surface area contributed by atoms with Gasteiger partial charge in [-0.15, -0.1) is 11.3 Å². The second kappa shape index (κ2) is 7.54. The van der Waals surface area contributed by atoms with Crippen LogP contribution in [-0.2, 0) is 6.54 Å². The topological polar surface area (TPSA) is 37.3 Å². The summed E-state index contributed by atoms with van der Waals surface area (Å²) in [4.78, 5) is 16.5. The van der Waals surface area contributed by atoms with Crippen molar-refractivity contribution in [1.82, 2.24) is 9.47 Å². The number of rotatable bonds is 2. The molecule has 0 saturated heterocycles. The maximum Gasteiger partial charge on any atom is 0.323 e. The number of carbonyl (C=O) groups is 1. The Morgan fingerprint density at radius 3 is 2.76 bits per heavy atom. The number of nitrogens with zero attached hydrogens (tertiary/aromatic N) is 2. The van der Waals surface area contributed by atoms with E-state index in [9.17, 15) is 4.79 Å². The summed E-state index contributed by atoms with van der Waals surface area (Å²) in [7, 11) is 0. The van der Waals surface area contributed by atoms with E-state index >= 15 is 0 Å². The summed E-state index contributed by atoms with van der Waals surface area (Å²) >= 11 is 5.15. The van der Waals surface area contributed by atoms with E-state index in [1.54, 1.807) is 11.3 Å². The molecule has 1 unspecified atom stereocenters. The highest BCUT2D eigenvalue weighted by Crippen LogP contribution is 2.38. The molecule has 6 heteroatoms. The number of carbonyl (C=O) groups excluding carboxylic acids is 1. The number of para-hydroxylation sites is 1. The van der Waals surface area contributed by atoms with Crippen molar-refractivity contribution in [3.63, 3.8) is 0 Å². The predicted molar refractivity (Wildman–Crippen MR) is 121 cm³/mol.